The Balaban J connectivity index is 1.81. The number of aliphatic hydroxyl groups is 1. The van der Waals surface area contributed by atoms with Gasteiger partial charge in [0.05, 0.1) is 30.2 Å². The minimum atomic E-state index is -4.70. The fraction of sp³-hybridized carbons (Fsp3) is 0.652. The molecule has 0 bridgehead atoms. The third kappa shape index (κ3) is 4.29. The molecule has 2 aliphatic rings. The molecular weight excluding hydrogens is 445 g/mol. The van der Waals surface area contributed by atoms with E-state index in [9.17, 15) is 28.3 Å². The fourth-order valence-electron chi connectivity index (χ4n) is 5.58. The number of alkyl halides is 3. The van der Waals surface area contributed by atoms with Crippen LogP contribution in [0, 0.1) is 29.1 Å². The van der Waals surface area contributed by atoms with E-state index in [0.29, 0.717) is 43.5 Å². The predicted octanol–water partition coefficient (Wildman–Crippen LogP) is 4.73. The highest BCUT2D eigenvalue weighted by Crippen LogP contribution is 2.51. The van der Waals surface area contributed by atoms with E-state index in [0.717, 1.165) is 6.92 Å². The first-order valence-electron chi connectivity index (χ1n) is 10.8. The van der Waals surface area contributed by atoms with Gasteiger partial charge in [0.25, 0.3) is 0 Å². The van der Waals surface area contributed by atoms with Gasteiger partial charge >= 0.3 is 6.18 Å². The van der Waals surface area contributed by atoms with Crippen molar-refractivity contribution in [1.82, 2.24) is 4.90 Å². The number of nitriles is 1. The lowest BCUT2D eigenvalue weighted by molar-refractivity contribution is -0.285. The molecule has 1 saturated carbocycles. The molecule has 1 heterocycles. The quantitative estimate of drug-likeness (QED) is 0.687. The zero-order valence-electron chi connectivity index (χ0n) is 18.4. The number of hydrogen-bond donors (Lipinski definition) is 1. The number of piperidine rings is 1. The number of hydrogen-bond acceptors (Lipinski definition) is 4. The summed E-state index contributed by atoms with van der Waals surface area (Å²) in [5, 5.41) is 20.0. The summed E-state index contributed by atoms with van der Waals surface area (Å²) < 4.78 is 45.8. The number of amides is 1. The van der Waals surface area contributed by atoms with Crippen molar-refractivity contribution in [3.8, 4) is 11.8 Å². The lowest BCUT2D eigenvalue weighted by atomic mass is 9.61. The molecule has 1 unspecified atom stereocenters. The number of carbonyl (C=O) groups is 1. The molecule has 1 saturated heterocycles. The largest absolute Gasteiger partial charge is 0.495 e. The Morgan fingerprint density at radius 3 is 2.59 bits per heavy atom. The Kier molecular flexibility index (Phi) is 7.02. The van der Waals surface area contributed by atoms with Gasteiger partial charge in [0, 0.05) is 18.2 Å². The number of methoxy groups -OCH3 is 1. The van der Waals surface area contributed by atoms with Crippen LogP contribution in [0.25, 0.3) is 0 Å². The monoisotopic (exact) mass is 472 g/mol. The third-order valence-electron chi connectivity index (χ3n) is 7.43. The van der Waals surface area contributed by atoms with Crippen LogP contribution < -0.4 is 4.74 Å². The Bertz CT molecular complexity index is 913. The molecule has 5 atom stereocenters. The molecule has 1 aliphatic carbocycles. The van der Waals surface area contributed by atoms with Crippen LogP contribution in [0.4, 0.5) is 13.2 Å². The van der Waals surface area contributed by atoms with Gasteiger partial charge in [-0.2, -0.15) is 18.4 Å². The van der Waals surface area contributed by atoms with E-state index in [1.165, 1.54) is 7.11 Å². The molecule has 0 aromatic heterocycles. The lowest BCUT2D eigenvalue weighted by Gasteiger charge is -2.52. The molecule has 1 amide bonds. The topological polar surface area (TPSA) is 73.6 Å². The fourth-order valence-corrected chi connectivity index (χ4v) is 5.89. The van der Waals surface area contributed by atoms with Gasteiger partial charge in [0.2, 0.25) is 5.91 Å². The molecule has 1 aliphatic heterocycles. The van der Waals surface area contributed by atoms with E-state index in [1.807, 2.05) is 13.0 Å². The number of rotatable bonds is 4. The second-order valence-corrected chi connectivity index (χ2v) is 9.40. The van der Waals surface area contributed by atoms with E-state index in [1.54, 1.807) is 17.0 Å². The highest BCUT2D eigenvalue weighted by Gasteiger charge is 2.59. The maximum absolute atomic E-state index is 13.5. The van der Waals surface area contributed by atoms with Crippen LogP contribution in [0.1, 0.15) is 50.7 Å². The van der Waals surface area contributed by atoms with E-state index >= 15 is 0 Å². The van der Waals surface area contributed by atoms with Gasteiger partial charge in [-0.25, -0.2) is 0 Å². The number of halogens is 4. The zero-order valence-corrected chi connectivity index (χ0v) is 19.1. The molecule has 1 aromatic carbocycles. The summed E-state index contributed by atoms with van der Waals surface area (Å²) in [6.45, 7) is 3.03. The minimum Gasteiger partial charge on any atom is -0.495 e. The summed E-state index contributed by atoms with van der Waals surface area (Å²) in [5.74, 6) is -1.19. The lowest BCUT2D eigenvalue weighted by Crippen LogP contribution is -2.59. The Morgan fingerprint density at radius 2 is 2.00 bits per heavy atom. The van der Waals surface area contributed by atoms with Crippen LogP contribution in [-0.2, 0) is 11.2 Å². The van der Waals surface area contributed by atoms with E-state index in [2.05, 4.69) is 0 Å². The molecule has 5 nitrogen and oxygen atoms in total. The van der Waals surface area contributed by atoms with Gasteiger partial charge in [-0.3, -0.25) is 4.79 Å². The first-order chi connectivity index (χ1) is 14.9. The molecule has 9 heteroatoms. The van der Waals surface area contributed by atoms with Crippen LogP contribution in [-0.4, -0.2) is 47.4 Å². The number of likely N-dealkylation sites (tertiary alicyclic amines) is 1. The third-order valence-corrected chi connectivity index (χ3v) is 7.84. The Morgan fingerprint density at radius 1 is 1.31 bits per heavy atom. The summed E-state index contributed by atoms with van der Waals surface area (Å²) in [6, 6.07) is 4.89. The van der Waals surface area contributed by atoms with Crippen LogP contribution in [0.2, 0.25) is 5.02 Å². The molecule has 1 aromatic rings. The van der Waals surface area contributed by atoms with Crippen molar-refractivity contribution in [3.63, 3.8) is 0 Å². The van der Waals surface area contributed by atoms with Gasteiger partial charge in [-0.05, 0) is 63.0 Å². The maximum atomic E-state index is 13.5. The van der Waals surface area contributed by atoms with E-state index in [-0.39, 0.29) is 40.8 Å². The molecule has 176 valence electrons. The second kappa shape index (κ2) is 9.11. The van der Waals surface area contributed by atoms with Crippen molar-refractivity contribution < 1.29 is 27.8 Å². The van der Waals surface area contributed by atoms with E-state index < -0.39 is 17.7 Å². The Labute approximate surface area is 191 Å². The summed E-state index contributed by atoms with van der Waals surface area (Å²) in [6.07, 6.45) is -2.79. The predicted molar refractivity (Wildman–Crippen MR) is 113 cm³/mol. The van der Waals surface area contributed by atoms with Crippen molar-refractivity contribution in [1.29, 1.82) is 5.26 Å². The molecule has 0 radical (unpaired) electrons. The van der Waals surface area contributed by atoms with Gasteiger partial charge < -0.3 is 14.7 Å². The zero-order chi connectivity index (χ0) is 23.8. The summed E-state index contributed by atoms with van der Waals surface area (Å²) in [7, 11) is 1.45. The van der Waals surface area contributed by atoms with Gasteiger partial charge in [-0.1, -0.05) is 18.0 Å². The second-order valence-electron chi connectivity index (χ2n) is 9.02. The number of benzene rings is 1. The molecular formula is C23H28ClF3N2O3. The average molecular weight is 473 g/mol. The van der Waals surface area contributed by atoms with Gasteiger partial charge in [-0.15, -0.1) is 0 Å². The summed E-state index contributed by atoms with van der Waals surface area (Å²) >= 11 is 6.35. The first kappa shape index (κ1) is 24.7. The first-order valence-corrected chi connectivity index (χ1v) is 11.2. The molecule has 3 rings (SSSR count). The van der Waals surface area contributed by atoms with Gasteiger partial charge in [0.15, 0.2) is 5.60 Å². The summed E-state index contributed by atoms with van der Waals surface area (Å²) in [5.41, 5.74) is -2.09. The molecule has 32 heavy (non-hydrogen) atoms. The highest BCUT2D eigenvalue weighted by molar-refractivity contribution is 6.33. The Hall–Kier alpha value is -1.98. The average Bonchev–Trinajstić information content (AvgIpc) is 2.74. The minimum absolute atomic E-state index is 0.0929. The standard InChI is InChI=1S/C23H28ClF3N2O3/c1-13-15-5-4-6-18(22(2,31)23(25,26)27)16(15)9-10-29(13)20(30)11-17-14(12-28)7-8-19(32-3)21(17)24/h7-8,13,15-16,18,31H,4-6,9-11H2,1-3H3/t13-,15+,16+,18+,22?/m0/s1. The highest BCUT2D eigenvalue weighted by atomic mass is 35.5. The summed E-state index contributed by atoms with van der Waals surface area (Å²) in [4.78, 5) is 14.9. The van der Waals surface area contributed by atoms with Crippen LogP contribution in [0.15, 0.2) is 12.1 Å². The van der Waals surface area contributed by atoms with Crippen LogP contribution in [0.3, 0.4) is 0 Å². The maximum Gasteiger partial charge on any atom is 0.417 e. The smallest absolute Gasteiger partial charge is 0.417 e. The molecule has 1 N–H and O–H groups in total. The van der Waals surface area contributed by atoms with Crippen molar-refractivity contribution in [2.24, 2.45) is 17.8 Å². The SMILES string of the molecule is COc1ccc(C#N)c(CC(=O)N2CC[C@@H]3[C@H](CCC[C@H]3C(C)(O)C(F)(F)F)[C@@H]2C)c1Cl. The molecule has 0 spiro atoms. The van der Waals surface area contributed by atoms with Crippen molar-refractivity contribution in [2.75, 3.05) is 13.7 Å². The van der Waals surface area contributed by atoms with Gasteiger partial charge in [0.1, 0.15) is 5.75 Å². The molecule has 2 fully saturated rings. The number of nitrogens with zero attached hydrogens (tertiary/aromatic N) is 2. The van der Waals surface area contributed by atoms with Crippen molar-refractivity contribution in [3.05, 3.63) is 28.3 Å². The van der Waals surface area contributed by atoms with Crippen molar-refractivity contribution in [2.45, 2.75) is 63.8 Å². The van der Waals surface area contributed by atoms with Crippen LogP contribution >= 0.6 is 11.6 Å². The normalized spacial score (nSPS) is 27.8. The van der Waals surface area contributed by atoms with E-state index in [4.69, 9.17) is 16.3 Å². The number of ether oxygens (including phenoxy) is 1. The van der Waals surface area contributed by atoms with Crippen LogP contribution in [0.5, 0.6) is 5.75 Å². The van der Waals surface area contributed by atoms with Crippen molar-refractivity contribution >= 4 is 17.5 Å². The number of fused-ring (bicyclic) bond motifs is 1. The number of carbonyl (C=O) groups excluding carboxylic acids is 1.